The molecule has 33 heavy (non-hydrogen) atoms. The molecule has 11 heteroatoms. The van der Waals surface area contributed by atoms with Crippen LogP contribution in [0.3, 0.4) is 0 Å². The maximum atomic E-state index is 12.7. The van der Waals surface area contributed by atoms with E-state index in [2.05, 4.69) is 15.2 Å². The number of aromatic nitrogens is 4. The number of hydrogen-bond donors (Lipinski definition) is 0. The van der Waals surface area contributed by atoms with Crippen molar-refractivity contribution in [2.24, 2.45) is 7.05 Å². The van der Waals surface area contributed by atoms with Gasteiger partial charge in [0.05, 0.1) is 5.75 Å². The summed E-state index contributed by atoms with van der Waals surface area (Å²) in [7, 11) is -1.68. The predicted octanol–water partition coefficient (Wildman–Crippen LogP) is 2.11. The van der Waals surface area contributed by atoms with E-state index in [9.17, 15) is 13.2 Å². The molecule has 0 unspecified atom stereocenters. The van der Waals surface area contributed by atoms with Crippen LogP contribution >= 0.6 is 11.8 Å². The van der Waals surface area contributed by atoms with Crippen LogP contribution in [0.2, 0.25) is 0 Å². The van der Waals surface area contributed by atoms with Crippen molar-refractivity contribution in [3.8, 4) is 11.4 Å². The first-order valence-corrected chi connectivity index (χ1v) is 12.9. The largest absolute Gasteiger partial charge is 0.339 e. The second kappa shape index (κ2) is 10.3. The van der Waals surface area contributed by atoms with Gasteiger partial charge < -0.3 is 9.47 Å². The number of benzene rings is 1. The molecule has 1 fully saturated rings. The molecule has 9 nitrogen and oxygen atoms in total. The molecule has 0 aliphatic carbocycles. The van der Waals surface area contributed by atoms with Gasteiger partial charge in [0.2, 0.25) is 15.9 Å². The number of carbonyl (C=O) groups is 1. The quantitative estimate of drug-likeness (QED) is 0.474. The summed E-state index contributed by atoms with van der Waals surface area (Å²) in [4.78, 5) is 18.4. The fourth-order valence-electron chi connectivity index (χ4n) is 3.42. The normalized spacial score (nSPS) is 15.2. The van der Waals surface area contributed by atoms with Crippen molar-refractivity contribution in [2.45, 2.75) is 5.16 Å². The summed E-state index contributed by atoms with van der Waals surface area (Å²) < 4.78 is 28.5. The molecule has 172 valence electrons. The van der Waals surface area contributed by atoms with Gasteiger partial charge in [-0.3, -0.25) is 9.78 Å². The molecule has 0 bridgehead atoms. The van der Waals surface area contributed by atoms with Crippen LogP contribution in [-0.4, -0.2) is 75.2 Å². The van der Waals surface area contributed by atoms with Crippen LogP contribution in [0.4, 0.5) is 0 Å². The summed E-state index contributed by atoms with van der Waals surface area (Å²) in [5.74, 6) is 0.864. The molecule has 0 saturated carbocycles. The van der Waals surface area contributed by atoms with Gasteiger partial charge in [-0.25, -0.2) is 8.42 Å². The zero-order chi connectivity index (χ0) is 23.3. The fraction of sp³-hybridized carbons (Fsp3) is 0.273. The molecule has 1 amide bonds. The summed E-state index contributed by atoms with van der Waals surface area (Å²) >= 11 is 1.32. The molecule has 0 spiro atoms. The van der Waals surface area contributed by atoms with E-state index in [0.717, 1.165) is 11.1 Å². The Bertz CT molecular complexity index is 1220. The molecule has 0 radical (unpaired) electrons. The van der Waals surface area contributed by atoms with Crippen molar-refractivity contribution < 1.29 is 13.2 Å². The fourth-order valence-corrected chi connectivity index (χ4v) is 5.40. The zero-order valence-corrected chi connectivity index (χ0v) is 19.7. The molecular weight excluding hydrogens is 460 g/mol. The van der Waals surface area contributed by atoms with E-state index in [1.165, 1.54) is 21.5 Å². The number of thioether (sulfide) groups is 1. The van der Waals surface area contributed by atoms with Crippen molar-refractivity contribution in [1.29, 1.82) is 0 Å². The maximum Gasteiger partial charge on any atom is 0.236 e. The number of piperazine rings is 1. The Morgan fingerprint density at radius 3 is 2.42 bits per heavy atom. The van der Waals surface area contributed by atoms with Gasteiger partial charge in [-0.05, 0) is 23.8 Å². The summed E-state index contributed by atoms with van der Waals surface area (Å²) in [6.07, 6.45) is 4.97. The summed E-state index contributed by atoms with van der Waals surface area (Å²) in [5.41, 5.74) is 1.72. The SMILES string of the molecule is Cn1c(SCC(=O)N2CCN(S(=O)(=O)/C=C/c3ccccc3)CC2)nnc1-c1ccncc1. The molecule has 1 aliphatic rings. The number of hydrogen-bond acceptors (Lipinski definition) is 7. The molecule has 3 heterocycles. The monoisotopic (exact) mass is 484 g/mol. The molecule has 2 aromatic heterocycles. The van der Waals surface area contributed by atoms with Gasteiger partial charge in [-0.2, -0.15) is 4.31 Å². The van der Waals surface area contributed by atoms with Gasteiger partial charge in [-0.1, -0.05) is 42.1 Å². The predicted molar refractivity (Wildman–Crippen MR) is 128 cm³/mol. The van der Waals surface area contributed by atoms with Crippen LogP contribution in [0.1, 0.15) is 5.56 Å². The second-order valence-electron chi connectivity index (χ2n) is 7.43. The van der Waals surface area contributed by atoms with Gasteiger partial charge in [0, 0.05) is 56.6 Å². The van der Waals surface area contributed by atoms with E-state index in [1.807, 2.05) is 54.1 Å². The lowest BCUT2D eigenvalue weighted by Crippen LogP contribution is -2.50. The molecule has 0 N–H and O–H groups in total. The van der Waals surface area contributed by atoms with Crippen LogP contribution in [0.15, 0.2) is 65.4 Å². The highest BCUT2D eigenvalue weighted by Crippen LogP contribution is 2.22. The Morgan fingerprint density at radius 2 is 1.73 bits per heavy atom. The molecule has 3 aromatic rings. The first-order valence-electron chi connectivity index (χ1n) is 10.4. The molecule has 1 saturated heterocycles. The number of nitrogens with zero attached hydrogens (tertiary/aromatic N) is 6. The molecule has 1 aliphatic heterocycles. The van der Waals surface area contributed by atoms with Crippen LogP contribution < -0.4 is 0 Å². The van der Waals surface area contributed by atoms with Crippen LogP contribution in [0.5, 0.6) is 0 Å². The smallest absolute Gasteiger partial charge is 0.236 e. The van der Waals surface area contributed by atoms with Crippen molar-refractivity contribution in [2.75, 3.05) is 31.9 Å². The Balaban J connectivity index is 1.29. The number of sulfonamides is 1. The minimum absolute atomic E-state index is 0.0506. The van der Waals surface area contributed by atoms with Gasteiger partial charge in [0.1, 0.15) is 0 Å². The van der Waals surface area contributed by atoms with Gasteiger partial charge in [0.15, 0.2) is 11.0 Å². The van der Waals surface area contributed by atoms with E-state index in [0.29, 0.717) is 24.1 Å². The van der Waals surface area contributed by atoms with Gasteiger partial charge >= 0.3 is 0 Å². The number of pyridine rings is 1. The molecule has 4 rings (SSSR count). The standard InChI is InChI=1S/C22H24N6O3S2/c1-26-21(19-7-10-23-11-8-19)24-25-22(26)32-17-20(29)27-12-14-28(15-13-27)33(30,31)16-9-18-5-3-2-4-6-18/h2-11,16H,12-15,17H2,1H3/b16-9+. The lowest BCUT2D eigenvalue weighted by atomic mass is 10.2. The molecular formula is C22H24N6O3S2. The number of rotatable bonds is 7. The second-order valence-corrected chi connectivity index (χ2v) is 10.2. The van der Waals surface area contributed by atoms with Crippen molar-refractivity contribution in [3.05, 3.63) is 65.8 Å². The van der Waals surface area contributed by atoms with E-state index in [-0.39, 0.29) is 24.7 Å². The van der Waals surface area contributed by atoms with E-state index in [4.69, 9.17) is 0 Å². The first-order chi connectivity index (χ1) is 15.9. The number of carbonyl (C=O) groups excluding carboxylic acids is 1. The van der Waals surface area contributed by atoms with E-state index >= 15 is 0 Å². The Kier molecular flexibility index (Phi) is 7.21. The third-order valence-electron chi connectivity index (χ3n) is 5.28. The highest BCUT2D eigenvalue weighted by Gasteiger charge is 2.27. The van der Waals surface area contributed by atoms with Crippen molar-refractivity contribution in [3.63, 3.8) is 0 Å². The Hall–Kier alpha value is -3.02. The van der Waals surface area contributed by atoms with Gasteiger partial charge in [-0.15, -0.1) is 10.2 Å². The minimum atomic E-state index is -3.53. The third kappa shape index (κ3) is 5.67. The zero-order valence-electron chi connectivity index (χ0n) is 18.1. The highest BCUT2D eigenvalue weighted by atomic mass is 32.2. The summed E-state index contributed by atoms with van der Waals surface area (Å²) in [6.45, 7) is 1.26. The maximum absolute atomic E-state index is 12.7. The average molecular weight is 485 g/mol. The van der Waals surface area contributed by atoms with Crippen LogP contribution in [0, 0.1) is 0 Å². The van der Waals surface area contributed by atoms with Gasteiger partial charge in [0.25, 0.3) is 0 Å². The summed E-state index contributed by atoms with van der Waals surface area (Å²) in [5, 5.41) is 10.3. The Labute approximate surface area is 197 Å². The Morgan fingerprint density at radius 1 is 1.03 bits per heavy atom. The molecule has 0 atom stereocenters. The van der Waals surface area contributed by atoms with Crippen molar-refractivity contribution in [1.82, 2.24) is 29.0 Å². The third-order valence-corrected chi connectivity index (χ3v) is 7.85. The highest BCUT2D eigenvalue weighted by molar-refractivity contribution is 7.99. The average Bonchev–Trinajstić information content (AvgIpc) is 3.22. The van der Waals surface area contributed by atoms with E-state index in [1.54, 1.807) is 23.4 Å². The molecule has 1 aromatic carbocycles. The topological polar surface area (TPSA) is 101 Å². The van der Waals surface area contributed by atoms with Crippen molar-refractivity contribution >= 4 is 33.8 Å². The lowest BCUT2D eigenvalue weighted by molar-refractivity contribution is -0.129. The van der Waals surface area contributed by atoms with Crippen LogP contribution in [0.25, 0.3) is 17.5 Å². The first kappa shape index (κ1) is 23.1. The minimum Gasteiger partial charge on any atom is -0.339 e. The van der Waals surface area contributed by atoms with E-state index < -0.39 is 10.0 Å². The van der Waals surface area contributed by atoms with Crippen LogP contribution in [-0.2, 0) is 21.9 Å². The lowest BCUT2D eigenvalue weighted by Gasteiger charge is -2.33. The summed E-state index contributed by atoms with van der Waals surface area (Å²) in [6, 6.07) is 13.0. The number of amides is 1.